The van der Waals surface area contributed by atoms with E-state index in [0.717, 1.165) is 51.4 Å². The second-order valence-electron chi connectivity index (χ2n) is 15.9. The summed E-state index contributed by atoms with van der Waals surface area (Å²) in [7, 11) is 1.55. The third-order valence-corrected chi connectivity index (χ3v) is 12.7. The van der Waals surface area contributed by atoms with Crippen molar-refractivity contribution in [3.63, 3.8) is 0 Å². The van der Waals surface area contributed by atoms with Gasteiger partial charge in [-0.2, -0.15) is 0 Å². The van der Waals surface area contributed by atoms with Gasteiger partial charge in [-0.05, 0) is 60.7 Å². The summed E-state index contributed by atoms with van der Waals surface area (Å²) < 4.78 is 0. The molecular weight excluding hydrogens is 558 g/mol. The minimum atomic E-state index is -1.06. The number of fused-ring (bicyclic) bond motifs is 1. The summed E-state index contributed by atoms with van der Waals surface area (Å²) in [6.07, 6.45) is 11.4. The van der Waals surface area contributed by atoms with Crippen LogP contribution < -0.4 is 21.3 Å². The molecule has 2 spiro atoms. The predicted octanol–water partition coefficient (Wildman–Crippen LogP) is 2.82. The molecule has 5 amide bonds. The van der Waals surface area contributed by atoms with Gasteiger partial charge in [0.05, 0.1) is 0 Å². The van der Waals surface area contributed by atoms with Gasteiger partial charge in [0.2, 0.25) is 30.0 Å². The maximum Gasteiger partial charge on any atom is 0.246 e. The molecule has 10 nitrogen and oxygen atoms in total. The van der Waals surface area contributed by atoms with Crippen molar-refractivity contribution >= 4 is 30.0 Å². The van der Waals surface area contributed by atoms with Crippen molar-refractivity contribution in [3.05, 3.63) is 12.7 Å². The average molecular weight is 612 g/mol. The van der Waals surface area contributed by atoms with E-state index in [4.69, 9.17) is 0 Å². The van der Waals surface area contributed by atoms with Crippen LogP contribution in [0.5, 0.6) is 0 Å². The lowest BCUT2D eigenvalue weighted by Gasteiger charge is -2.37. The molecule has 4 N–H and O–H groups in total. The number of likely N-dealkylation sites (tertiary alicyclic amines) is 1. The molecule has 0 bridgehead atoms. The first-order valence-corrected chi connectivity index (χ1v) is 16.6. The second-order valence-corrected chi connectivity index (χ2v) is 15.9. The molecule has 4 aliphatic carbocycles. The highest BCUT2D eigenvalue weighted by molar-refractivity contribution is 5.99. The molecule has 1 heterocycles. The molecule has 0 radical (unpaired) electrons. The summed E-state index contributed by atoms with van der Waals surface area (Å²) in [5.74, 6) is -1.41. The number of carbonyl (C=O) groups excluding carboxylic acids is 5. The monoisotopic (exact) mass is 611 g/mol. The normalized spacial score (nSPS) is 33.0. The number of nitrogens with one attached hydrogen (secondary N) is 4. The molecule has 4 saturated carbocycles. The van der Waals surface area contributed by atoms with E-state index in [1.165, 1.54) is 0 Å². The molecule has 1 saturated heterocycles. The Morgan fingerprint density at radius 2 is 1.64 bits per heavy atom. The van der Waals surface area contributed by atoms with Gasteiger partial charge in [-0.25, -0.2) is 0 Å². The van der Waals surface area contributed by atoms with Crippen molar-refractivity contribution in [2.75, 3.05) is 13.6 Å². The number of hydrogen-bond acceptors (Lipinski definition) is 5. The van der Waals surface area contributed by atoms with Gasteiger partial charge in [0.1, 0.15) is 23.7 Å². The maximum absolute atomic E-state index is 14.7. The topological polar surface area (TPSA) is 137 Å². The maximum atomic E-state index is 14.7. The highest BCUT2D eigenvalue weighted by atomic mass is 16.2. The van der Waals surface area contributed by atoms with Crippen LogP contribution in [0.4, 0.5) is 0 Å². The highest BCUT2D eigenvalue weighted by Crippen LogP contribution is 2.88. The number of carbonyl (C=O) groups is 5. The van der Waals surface area contributed by atoms with Gasteiger partial charge in [-0.15, -0.1) is 6.58 Å². The van der Waals surface area contributed by atoms with Crippen LogP contribution in [0.15, 0.2) is 12.7 Å². The zero-order valence-electron chi connectivity index (χ0n) is 27.5. The van der Waals surface area contributed by atoms with E-state index in [1.54, 1.807) is 18.0 Å². The average Bonchev–Trinajstić information content (AvgIpc) is 3.68. The Morgan fingerprint density at radius 1 is 0.977 bits per heavy atom. The molecular formula is C34H53N5O5. The van der Waals surface area contributed by atoms with E-state index < -0.39 is 29.1 Å². The minimum absolute atomic E-state index is 0.0150. The van der Waals surface area contributed by atoms with E-state index in [0.29, 0.717) is 25.8 Å². The Kier molecular flexibility index (Phi) is 8.24. The quantitative estimate of drug-likeness (QED) is 0.223. The molecule has 1 aliphatic heterocycles. The van der Waals surface area contributed by atoms with E-state index in [1.807, 2.05) is 20.8 Å². The Hall–Kier alpha value is -2.91. The molecule has 5 aliphatic rings. The van der Waals surface area contributed by atoms with Crippen molar-refractivity contribution in [2.45, 2.75) is 122 Å². The van der Waals surface area contributed by atoms with Crippen LogP contribution >= 0.6 is 0 Å². The van der Waals surface area contributed by atoms with Crippen LogP contribution in [-0.2, 0) is 24.0 Å². The Bertz CT molecular complexity index is 1210. The highest BCUT2D eigenvalue weighted by Gasteiger charge is 2.85. The molecule has 10 heteroatoms. The smallest absolute Gasteiger partial charge is 0.246 e. The van der Waals surface area contributed by atoms with E-state index >= 15 is 0 Å². The van der Waals surface area contributed by atoms with Crippen LogP contribution in [0.25, 0.3) is 0 Å². The number of nitrogens with zero attached hydrogens (tertiary/aromatic N) is 1. The van der Waals surface area contributed by atoms with Crippen LogP contribution in [-0.4, -0.2) is 72.2 Å². The lowest BCUT2D eigenvalue weighted by Crippen LogP contribution is -2.61. The summed E-state index contributed by atoms with van der Waals surface area (Å²) in [5, 5.41) is 11.5. The number of hydrogen-bond donors (Lipinski definition) is 4. The van der Waals surface area contributed by atoms with E-state index in [-0.39, 0.29) is 51.7 Å². The van der Waals surface area contributed by atoms with Gasteiger partial charge in [-0.1, -0.05) is 66.4 Å². The van der Waals surface area contributed by atoms with Crippen molar-refractivity contribution < 1.29 is 24.0 Å². The van der Waals surface area contributed by atoms with Gasteiger partial charge in [-0.3, -0.25) is 24.0 Å². The van der Waals surface area contributed by atoms with Crippen molar-refractivity contribution in [1.29, 1.82) is 0 Å². The number of likely N-dealkylation sites (N-methyl/N-ethyl adjacent to an activating group) is 1. The predicted molar refractivity (Wildman–Crippen MR) is 167 cm³/mol. The zero-order valence-corrected chi connectivity index (χ0v) is 27.5. The molecule has 6 atom stereocenters. The van der Waals surface area contributed by atoms with E-state index in [9.17, 15) is 24.0 Å². The molecule has 5 fully saturated rings. The Labute approximate surface area is 262 Å². The first kappa shape index (κ1) is 32.5. The third kappa shape index (κ3) is 4.77. The van der Waals surface area contributed by atoms with Crippen molar-refractivity contribution in [2.24, 2.45) is 33.5 Å². The molecule has 244 valence electrons. The fourth-order valence-corrected chi connectivity index (χ4v) is 9.64. The fourth-order valence-electron chi connectivity index (χ4n) is 9.64. The lowest BCUT2D eigenvalue weighted by atomic mass is 9.73. The van der Waals surface area contributed by atoms with E-state index in [2.05, 4.69) is 41.7 Å². The molecule has 2 unspecified atom stereocenters. The van der Waals surface area contributed by atoms with Gasteiger partial charge < -0.3 is 26.2 Å². The molecule has 5 rings (SSSR count). The molecule has 44 heavy (non-hydrogen) atoms. The van der Waals surface area contributed by atoms with Crippen LogP contribution in [0.1, 0.15) is 98.8 Å². The molecule has 0 aromatic rings. The SMILES string of the molecule is C=C[C@@H]1C[C@]1(NC(=O)[C@@H]1CC2(CN1C(=O)[C@@H](NC(=O)C(NC=O)C1CCCCC1)C(C)(C)C)C(C)(C)C21CCC1)C(=O)NC. The first-order valence-electron chi connectivity index (χ1n) is 16.6. The van der Waals surface area contributed by atoms with Crippen LogP contribution in [0, 0.1) is 33.5 Å². The Balaban J connectivity index is 1.44. The van der Waals surface area contributed by atoms with Gasteiger partial charge >= 0.3 is 0 Å². The zero-order chi connectivity index (χ0) is 32.3. The number of rotatable bonds is 10. The standard InChI is InChI=1S/C34H53N5O5/c1-8-22-17-34(22,29(44)35-7)38-26(41)23-18-33(31(5,6)32(33)15-12-16-32)19-39(23)28(43)25(30(2,3)4)37-27(42)24(36-20-40)21-13-10-9-11-14-21/h8,20-25H,1,9-19H2,2-7H3,(H,35,44)(H,36,40)(H,37,42)(H,38,41)/t22-,23+,24?,25-,33?,34-/m1/s1. The molecule has 0 aromatic heterocycles. The summed E-state index contributed by atoms with van der Waals surface area (Å²) in [5.41, 5.74) is -1.86. The fraction of sp³-hybridized carbons (Fsp3) is 0.794. The minimum Gasteiger partial charge on any atom is -0.357 e. The lowest BCUT2D eigenvalue weighted by molar-refractivity contribution is -0.145. The van der Waals surface area contributed by atoms with Crippen molar-refractivity contribution in [3.8, 4) is 0 Å². The van der Waals surface area contributed by atoms with Gasteiger partial charge in [0, 0.05) is 24.9 Å². The Morgan fingerprint density at radius 3 is 2.11 bits per heavy atom. The largest absolute Gasteiger partial charge is 0.357 e. The van der Waals surface area contributed by atoms with Crippen LogP contribution in [0.3, 0.4) is 0 Å². The summed E-state index contributed by atoms with van der Waals surface area (Å²) >= 11 is 0. The number of amides is 5. The summed E-state index contributed by atoms with van der Waals surface area (Å²) in [6, 6.07) is -2.39. The third-order valence-electron chi connectivity index (χ3n) is 12.7. The summed E-state index contributed by atoms with van der Waals surface area (Å²) in [4.78, 5) is 68.8. The van der Waals surface area contributed by atoms with Gasteiger partial charge in [0.25, 0.3) is 0 Å². The summed E-state index contributed by atoms with van der Waals surface area (Å²) in [6.45, 7) is 14.5. The first-order chi connectivity index (χ1) is 20.7. The molecule has 0 aromatic carbocycles. The van der Waals surface area contributed by atoms with Gasteiger partial charge in [0.15, 0.2) is 0 Å². The second kappa shape index (κ2) is 11.2. The van der Waals surface area contributed by atoms with Crippen LogP contribution in [0.2, 0.25) is 0 Å². The van der Waals surface area contributed by atoms with Crippen molar-refractivity contribution in [1.82, 2.24) is 26.2 Å².